The van der Waals surface area contributed by atoms with Gasteiger partial charge in [0.25, 0.3) is 0 Å². The summed E-state index contributed by atoms with van der Waals surface area (Å²) in [7, 11) is 0. The number of nitrogens with zero attached hydrogens (tertiary/aromatic N) is 1. The zero-order chi connectivity index (χ0) is 12.0. The molecule has 1 aliphatic heterocycles. The molecule has 1 saturated heterocycles. The molecular weight excluding hydrogens is 196 g/mol. The molecule has 3 unspecified atom stereocenters. The van der Waals surface area contributed by atoms with E-state index in [0.717, 1.165) is 18.5 Å². The first kappa shape index (κ1) is 14.0. The highest BCUT2D eigenvalue weighted by Gasteiger charge is 2.31. The summed E-state index contributed by atoms with van der Waals surface area (Å²) in [5, 5.41) is 0. The minimum absolute atomic E-state index is 0.635. The fourth-order valence-electron chi connectivity index (χ4n) is 3.15. The topological polar surface area (TPSA) is 29.3 Å². The van der Waals surface area contributed by atoms with E-state index in [0.29, 0.717) is 6.04 Å². The van der Waals surface area contributed by atoms with E-state index in [-0.39, 0.29) is 0 Å². The monoisotopic (exact) mass is 226 g/mol. The van der Waals surface area contributed by atoms with E-state index >= 15 is 0 Å². The largest absolute Gasteiger partial charge is 0.329 e. The molecule has 1 heterocycles. The summed E-state index contributed by atoms with van der Waals surface area (Å²) < 4.78 is 0. The van der Waals surface area contributed by atoms with Crippen molar-refractivity contribution in [2.75, 3.05) is 13.1 Å². The van der Waals surface area contributed by atoms with Crippen molar-refractivity contribution in [1.29, 1.82) is 0 Å². The Morgan fingerprint density at radius 1 is 1.38 bits per heavy atom. The molecule has 1 fully saturated rings. The van der Waals surface area contributed by atoms with Crippen molar-refractivity contribution in [2.45, 2.75) is 71.4 Å². The number of unbranched alkanes of at least 4 members (excludes halogenated alkanes) is 1. The van der Waals surface area contributed by atoms with E-state index in [1.165, 1.54) is 45.1 Å². The number of likely N-dealkylation sites (tertiary alicyclic amines) is 1. The molecule has 0 aromatic rings. The van der Waals surface area contributed by atoms with Gasteiger partial charge in [-0.05, 0) is 38.1 Å². The molecular formula is C14H30N2. The Labute approximate surface area is 102 Å². The lowest BCUT2D eigenvalue weighted by molar-refractivity contribution is 0.0552. The molecule has 2 heteroatoms. The predicted molar refractivity (Wildman–Crippen MR) is 71.6 cm³/mol. The summed E-state index contributed by atoms with van der Waals surface area (Å²) in [4.78, 5) is 2.71. The lowest BCUT2D eigenvalue weighted by Crippen LogP contribution is -2.52. The molecule has 16 heavy (non-hydrogen) atoms. The summed E-state index contributed by atoms with van der Waals surface area (Å²) in [6, 6.07) is 1.41. The Morgan fingerprint density at radius 3 is 2.69 bits per heavy atom. The molecule has 2 N–H and O–H groups in total. The SMILES string of the molecule is CCCCC(CC)N1CCCC(C)C1CN. The number of hydrogen-bond acceptors (Lipinski definition) is 2. The van der Waals surface area contributed by atoms with Gasteiger partial charge in [-0.2, -0.15) is 0 Å². The van der Waals surface area contributed by atoms with Gasteiger partial charge in [0.2, 0.25) is 0 Å². The van der Waals surface area contributed by atoms with Gasteiger partial charge in [-0.1, -0.05) is 33.6 Å². The maximum atomic E-state index is 5.96. The molecule has 0 bridgehead atoms. The van der Waals surface area contributed by atoms with Gasteiger partial charge >= 0.3 is 0 Å². The highest BCUT2D eigenvalue weighted by Crippen LogP contribution is 2.27. The Balaban J connectivity index is 2.58. The smallest absolute Gasteiger partial charge is 0.0246 e. The van der Waals surface area contributed by atoms with E-state index in [1.54, 1.807) is 0 Å². The first-order valence-corrected chi connectivity index (χ1v) is 7.20. The fourth-order valence-corrected chi connectivity index (χ4v) is 3.15. The first-order chi connectivity index (χ1) is 7.74. The van der Waals surface area contributed by atoms with Crippen LogP contribution in [0.3, 0.4) is 0 Å². The number of rotatable bonds is 6. The first-order valence-electron chi connectivity index (χ1n) is 7.20. The highest BCUT2D eigenvalue weighted by molar-refractivity contribution is 4.86. The van der Waals surface area contributed by atoms with Crippen molar-refractivity contribution in [1.82, 2.24) is 4.90 Å². The number of nitrogens with two attached hydrogens (primary N) is 1. The van der Waals surface area contributed by atoms with Crippen LogP contribution in [0.2, 0.25) is 0 Å². The second-order valence-electron chi connectivity index (χ2n) is 5.36. The van der Waals surface area contributed by atoms with Gasteiger partial charge in [-0.25, -0.2) is 0 Å². The zero-order valence-corrected chi connectivity index (χ0v) is 11.4. The number of hydrogen-bond donors (Lipinski definition) is 1. The lowest BCUT2D eigenvalue weighted by Gasteiger charge is -2.44. The molecule has 1 aliphatic rings. The Kier molecular flexibility index (Phi) is 6.37. The minimum atomic E-state index is 0.635. The lowest BCUT2D eigenvalue weighted by atomic mass is 9.88. The molecule has 0 spiro atoms. The van der Waals surface area contributed by atoms with Gasteiger partial charge in [0.05, 0.1) is 0 Å². The Bertz CT molecular complexity index is 182. The van der Waals surface area contributed by atoms with Gasteiger partial charge in [0, 0.05) is 18.6 Å². The summed E-state index contributed by atoms with van der Waals surface area (Å²) in [6.07, 6.45) is 8.04. The quantitative estimate of drug-likeness (QED) is 0.754. The molecule has 1 rings (SSSR count). The van der Waals surface area contributed by atoms with E-state index < -0.39 is 0 Å². The molecule has 96 valence electrons. The minimum Gasteiger partial charge on any atom is -0.329 e. The van der Waals surface area contributed by atoms with Crippen molar-refractivity contribution >= 4 is 0 Å². The number of piperidine rings is 1. The van der Waals surface area contributed by atoms with E-state index in [2.05, 4.69) is 25.7 Å². The third-order valence-corrected chi connectivity index (χ3v) is 4.23. The third kappa shape index (κ3) is 3.46. The van der Waals surface area contributed by atoms with Crippen LogP contribution in [-0.4, -0.2) is 30.1 Å². The van der Waals surface area contributed by atoms with Gasteiger partial charge in [0.15, 0.2) is 0 Å². The zero-order valence-electron chi connectivity index (χ0n) is 11.4. The van der Waals surface area contributed by atoms with Crippen LogP contribution in [0.15, 0.2) is 0 Å². The van der Waals surface area contributed by atoms with Gasteiger partial charge < -0.3 is 5.73 Å². The molecule has 0 radical (unpaired) electrons. The van der Waals surface area contributed by atoms with E-state index in [4.69, 9.17) is 5.73 Å². The van der Waals surface area contributed by atoms with Crippen molar-refractivity contribution in [3.8, 4) is 0 Å². The van der Waals surface area contributed by atoms with E-state index in [9.17, 15) is 0 Å². The molecule has 0 aromatic heterocycles. The van der Waals surface area contributed by atoms with Crippen LogP contribution >= 0.6 is 0 Å². The van der Waals surface area contributed by atoms with Crippen LogP contribution in [0.1, 0.15) is 59.3 Å². The molecule has 3 atom stereocenters. The van der Waals surface area contributed by atoms with Crippen LogP contribution in [0.25, 0.3) is 0 Å². The van der Waals surface area contributed by atoms with Crippen molar-refractivity contribution in [2.24, 2.45) is 11.7 Å². The average molecular weight is 226 g/mol. The molecule has 0 aliphatic carbocycles. The predicted octanol–water partition coefficient (Wildman–Crippen LogP) is 3.01. The third-order valence-electron chi connectivity index (χ3n) is 4.23. The normalized spacial score (nSPS) is 29.2. The van der Waals surface area contributed by atoms with E-state index in [1.807, 2.05) is 0 Å². The average Bonchev–Trinajstić information content (AvgIpc) is 2.30. The second kappa shape index (κ2) is 7.29. The van der Waals surface area contributed by atoms with Gasteiger partial charge in [0.1, 0.15) is 0 Å². The molecule has 2 nitrogen and oxygen atoms in total. The molecule has 0 aromatic carbocycles. The Morgan fingerprint density at radius 2 is 2.12 bits per heavy atom. The maximum Gasteiger partial charge on any atom is 0.0246 e. The summed E-state index contributed by atoms with van der Waals surface area (Å²) in [5.41, 5.74) is 5.96. The van der Waals surface area contributed by atoms with Crippen LogP contribution in [0, 0.1) is 5.92 Å². The highest BCUT2D eigenvalue weighted by atomic mass is 15.2. The van der Waals surface area contributed by atoms with Crippen LogP contribution in [0.4, 0.5) is 0 Å². The van der Waals surface area contributed by atoms with Crippen LogP contribution in [-0.2, 0) is 0 Å². The summed E-state index contributed by atoms with van der Waals surface area (Å²) in [6.45, 7) is 9.09. The standard InChI is InChI=1S/C14H30N2/c1-4-6-9-13(5-2)16-10-7-8-12(3)14(16)11-15/h12-14H,4-11,15H2,1-3H3. The van der Waals surface area contributed by atoms with Crippen LogP contribution < -0.4 is 5.73 Å². The van der Waals surface area contributed by atoms with Gasteiger partial charge in [-0.15, -0.1) is 0 Å². The van der Waals surface area contributed by atoms with Gasteiger partial charge in [-0.3, -0.25) is 4.90 Å². The molecule has 0 amide bonds. The second-order valence-corrected chi connectivity index (χ2v) is 5.36. The summed E-state index contributed by atoms with van der Waals surface area (Å²) in [5.74, 6) is 0.787. The summed E-state index contributed by atoms with van der Waals surface area (Å²) >= 11 is 0. The van der Waals surface area contributed by atoms with Crippen molar-refractivity contribution in [3.63, 3.8) is 0 Å². The van der Waals surface area contributed by atoms with Crippen LogP contribution in [0.5, 0.6) is 0 Å². The fraction of sp³-hybridized carbons (Fsp3) is 1.00. The molecule has 0 saturated carbocycles. The maximum absolute atomic E-state index is 5.96. The van der Waals surface area contributed by atoms with Crippen molar-refractivity contribution in [3.05, 3.63) is 0 Å². The van der Waals surface area contributed by atoms with Crippen molar-refractivity contribution < 1.29 is 0 Å². The Hall–Kier alpha value is -0.0800.